The second-order valence-electron chi connectivity index (χ2n) is 7.32. The van der Waals surface area contributed by atoms with Crippen LogP contribution in [0.1, 0.15) is 35.3 Å². The molecule has 9 heteroatoms. The van der Waals surface area contributed by atoms with Gasteiger partial charge in [0, 0.05) is 25.7 Å². The molecule has 2 atom stereocenters. The third-order valence-electron chi connectivity index (χ3n) is 4.66. The fourth-order valence-corrected chi connectivity index (χ4v) is 3.86. The number of aromatic hydroxyl groups is 1. The molecule has 1 aromatic heterocycles. The number of carbonyl (C=O) groups is 2. The van der Waals surface area contributed by atoms with Gasteiger partial charge < -0.3 is 25.7 Å². The quantitative estimate of drug-likeness (QED) is 0.511. The first-order valence-electron chi connectivity index (χ1n) is 9.15. The Balaban J connectivity index is 1.91. The number of phenolic OH excluding ortho intramolecular Hbond substituents is 1. The lowest BCUT2D eigenvalue weighted by molar-refractivity contribution is -0.124. The maximum absolute atomic E-state index is 12.3. The Morgan fingerprint density at radius 3 is 2.62 bits per heavy atom. The number of hydrogen-bond acceptors (Lipinski definition) is 8. The minimum atomic E-state index is -1.27. The first-order valence-corrected chi connectivity index (χ1v) is 10.0. The minimum Gasteiger partial charge on any atom is -0.505 e. The molecule has 2 aromatic rings. The van der Waals surface area contributed by atoms with Crippen molar-refractivity contribution in [3.8, 4) is 5.75 Å². The smallest absolute Gasteiger partial charge is 0.257 e. The first kappa shape index (κ1) is 20.8. The predicted octanol–water partition coefficient (Wildman–Crippen LogP) is 2.10. The second-order valence-corrected chi connectivity index (χ2v) is 8.24. The fourth-order valence-electron chi connectivity index (χ4n) is 3.00. The maximum Gasteiger partial charge on any atom is 0.257 e. The number of hydrogen-bond donors (Lipinski definition) is 4. The molecule has 1 aliphatic rings. The van der Waals surface area contributed by atoms with Gasteiger partial charge in [0.1, 0.15) is 10.7 Å². The van der Waals surface area contributed by atoms with Gasteiger partial charge in [-0.1, -0.05) is 19.9 Å². The molecular weight excluding hydrogens is 392 g/mol. The number of amides is 1. The number of rotatable bonds is 7. The highest BCUT2D eigenvalue weighted by atomic mass is 32.1. The summed E-state index contributed by atoms with van der Waals surface area (Å²) in [6.45, 7) is 4.03. The standard InChI is InChI=1S/C20H24N4O4S/c1-10(2)13(19-21-8-9-29-19)23-15-14(17(26)18(15)27)22-12-7-5-6-11(16(12)25)20(28)24(3)4/h5-10,13,18,22-23,25,27H,1-4H3/t13-,18?/m1/s1. The highest BCUT2D eigenvalue weighted by Crippen LogP contribution is 2.34. The molecule has 29 heavy (non-hydrogen) atoms. The van der Waals surface area contributed by atoms with Crippen LogP contribution in [0.25, 0.3) is 0 Å². The molecule has 3 rings (SSSR count). The van der Waals surface area contributed by atoms with Crippen LogP contribution in [0.15, 0.2) is 41.2 Å². The molecular formula is C20H24N4O4S. The highest BCUT2D eigenvalue weighted by Gasteiger charge is 2.40. The van der Waals surface area contributed by atoms with Crippen LogP contribution in [-0.2, 0) is 4.79 Å². The number of carbonyl (C=O) groups excluding carboxylic acids is 2. The van der Waals surface area contributed by atoms with Gasteiger partial charge in [0.2, 0.25) is 5.78 Å². The lowest BCUT2D eigenvalue weighted by Gasteiger charge is -2.33. The van der Waals surface area contributed by atoms with Gasteiger partial charge in [-0.3, -0.25) is 9.59 Å². The maximum atomic E-state index is 12.3. The Bertz CT molecular complexity index is 953. The largest absolute Gasteiger partial charge is 0.505 e. The number of nitrogens with one attached hydrogen (secondary N) is 2. The van der Waals surface area contributed by atoms with E-state index in [0.29, 0.717) is 5.70 Å². The van der Waals surface area contributed by atoms with Crippen molar-refractivity contribution in [3.05, 3.63) is 51.7 Å². The highest BCUT2D eigenvalue weighted by molar-refractivity contribution is 7.09. The minimum absolute atomic E-state index is 0.116. The van der Waals surface area contributed by atoms with E-state index >= 15 is 0 Å². The van der Waals surface area contributed by atoms with E-state index in [1.54, 1.807) is 32.4 Å². The van der Waals surface area contributed by atoms with Crippen LogP contribution >= 0.6 is 11.3 Å². The van der Waals surface area contributed by atoms with E-state index in [1.807, 2.05) is 19.2 Å². The van der Waals surface area contributed by atoms with Crippen LogP contribution in [0.4, 0.5) is 5.69 Å². The van der Waals surface area contributed by atoms with Gasteiger partial charge in [-0.15, -0.1) is 11.3 Å². The first-order chi connectivity index (χ1) is 13.7. The van der Waals surface area contributed by atoms with E-state index in [4.69, 9.17) is 0 Å². The molecule has 0 fully saturated rings. The number of Topliss-reactive ketones (excluding diaryl/α,β-unsaturated/α-hetero) is 1. The van der Waals surface area contributed by atoms with Crippen molar-refractivity contribution in [2.45, 2.75) is 26.0 Å². The molecule has 0 aliphatic heterocycles. The second kappa shape index (κ2) is 8.22. The van der Waals surface area contributed by atoms with E-state index in [0.717, 1.165) is 5.01 Å². The number of anilines is 1. The van der Waals surface area contributed by atoms with Gasteiger partial charge in [-0.25, -0.2) is 4.98 Å². The summed E-state index contributed by atoms with van der Waals surface area (Å²) >= 11 is 1.49. The van der Waals surface area contributed by atoms with Gasteiger partial charge in [0.05, 0.1) is 23.0 Å². The molecule has 1 aliphatic carbocycles. The normalized spacial score (nSPS) is 17.2. The van der Waals surface area contributed by atoms with Gasteiger partial charge in [0.25, 0.3) is 5.91 Å². The summed E-state index contributed by atoms with van der Waals surface area (Å²) in [5.74, 6) is -0.945. The van der Waals surface area contributed by atoms with Gasteiger partial charge in [0.15, 0.2) is 11.9 Å². The summed E-state index contributed by atoms with van der Waals surface area (Å²) in [5.41, 5.74) is 0.824. The molecule has 4 N–H and O–H groups in total. The number of benzene rings is 1. The number of aliphatic hydroxyl groups is 1. The molecule has 1 amide bonds. The molecule has 1 aromatic carbocycles. The zero-order valence-corrected chi connectivity index (χ0v) is 17.4. The van der Waals surface area contributed by atoms with Crippen molar-refractivity contribution in [2.24, 2.45) is 5.92 Å². The van der Waals surface area contributed by atoms with E-state index in [-0.39, 0.29) is 40.6 Å². The van der Waals surface area contributed by atoms with E-state index < -0.39 is 11.9 Å². The fraction of sp³-hybridized carbons (Fsp3) is 0.350. The summed E-state index contributed by atoms with van der Waals surface area (Å²) in [6, 6.07) is 4.49. The Morgan fingerprint density at radius 1 is 1.31 bits per heavy atom. The van der Waals surface area contributed by atoms with Gasteiger partial charge >= 0.3 is 0 Å². The molecule has 8 nitrogen and oxygen atoms in total. The summed E-state index contributed by atoms with van der Waals surface area (Å²) in [5, 5.41) is 29.5. The molecule has 0 bridgehead atoms. The number of aliphatic hydroxyl groups excluding tert-OH is 1. The number of para-hydroxylation sites is 1. The Hall–Kier alpha value is -2.91. The molecule has 0 saturated heterocycles. The van der Waals surface area contributed by atoms with Crippen molar-refractivity contribution < 1.29 is 19.8 Å². The molecule has 0 saturated carbocycles. The zero-order chi connectivity index (χ0) is 21.3. The number of ketones is 1. The van der Waals surface area contributed by atoms with Crippen molar-refractivity contribution in [3.63, 3.8) is 0 Å². The average Bonchev–Trinajstić information content (AvgIpc) is 3.21. The monoisotopic (exact) mass is 416 g/mol. The SMILES string of the molecule is CC(C)[C@@H](NC1=C(Nc2cccc(C(=O)N(C)C)c2O)C(=O)C1O)c1nccs1. The molecule has 0 radical (unpaired) electrons. The number of aromatic nitrogens is 1. The van der Waals surface area contributed by atoms with Crippen molar-refractivity contribution in [1.82, 2.24) is 15.2 Å². The summed E-state index contributed by atoms with van der Waals surface area (Å²) in [7, 11) is 3.17. The summed E-state index contributed by atoms with van der Waals surface area (Å²) in [4.78, 5) is 30.2. The Kier molecular flexibility index (Phi) is 5.90. The van der Waals surface area contributed by atoms with Gasteiger partial charge in [-0.05, 0) is 18.1 Å². The predicted molar refractivity (Wildman–Crippen MR) is 111 cm³/mol. The van der Waals surface area contributed by atoms with E-state index in [9.17, 15) is 19.8 Å². The van der Waals surface area contributed by atoms with Crippen LogP contribution in [0, 0.1) is 5.92 Å². The number of thiazole rings is 1. The lowest BCUT2D eigenvalue weighted by Crippen LogP contribution is -2.47. The van der Waals surface area contributed by atoms with Crippen LogP contribution in [0.3, 0.4) is 0 Å². The zero-order valence-electron chi connectivity index (χ0n) is 16.6. The van der Waals surface area contributed by atoms with Gasteiger partial charge in [-0.2, -0.15) is 0 Å². The third kappa shape index (κ3) is 3.96. The van der Waals surface area contributed by atoms with Crippen LogP contribution in [0.2, 0.25) is 0 Å². The Morgan fingerprint density at radius 2 is 2.03 bits per heavy atom. The summed E-state index contributed by atoms with van der Waals surface area (Å²) < 4.78 is 0. The van der Waals surface area contributed by atoms with Crippen LogP contribution in [-0.4, -0.2) is 52.0 Å². The Labute approximate surface area is 172 Å². The van der Waals surface area contributed by atoms with Crippen LogP contribution < -0.4 is 10.6 Å². The molecule has 154 valence electrons. The number of nitrogens with zero attached hydrogens (tertiary/aromatic N) is 2. The molecule has 1 heterocycles. The molecule has 0 spiro atoms. The van der Waals surface area contributed by atoms with Crippen molar-refractivity contribution in [2.75, 3.05) is 19.4 Å². The van der Waals surface area contributed by atoms with Crippen molar-refractivity contribution >= 4 is 28.7 Å². The van der Waals surface area contributed by atoms with E-state index in [2.05, 4.69) is 15.6 Å². The van der Waals surface area contributed by atoms with Crippen LogP contribution in [0.5, 0.6) is 5.75 Å². The number of phenols is 1. The summed E-state index contributed by atoms with van der Waals surface area (Å²) in [6.07, 6.45) is 0.436. The third-order valence-corrected chi connectivity index (χ3v) is 5.52. The lowest BCUT2D eigenvalue weighted by atomic mass is 9.92. The van der Waals surface area contributed by atoms with Crippen molar-refractivity contribution in [1.29, 1.82) is 0 Å². The average molecular weight is 417 g/mol. The molecule has 1 unspecified atom stereocenters. The topological polar surface area (TPSA) is 115 Å². The van der Waals surface area contributed by atoms with E-state index in [1.165, 1.54) is 22.3 Å².